The fraction of sp³-hybridized carbons (Fsp3) is 0.588. The summed E-state index contributed by atoms with van der Waals surface area (Å²) in [5.41, 5.74) is 0.420. The number of hydrogen-bond donors (Lipinski definition) is 0. The highest BCUT2D eigenvalue weighted by Gasteiger charge is 2.30. The lowest BCUT2D eigenvalue weighted by Gasteiger charge is -2.31. The van der Waals surface area contributed by atoms with Gasteiger partial charge in [-0.1, -0.05) is 6.92 Å². The maximum atomic E-state index is 12.9. The van der Waals surface area contributed by atoms with Crippen LogP contribution in [-0.4, -0.2) is 62.9 Å². The maximum Gasteiger partial charge on any atom is 0.253 e. The van der Waals surface area contributed by atoms with Crippen LogP contribution in [0.1, 0.15) is 30.1 Å². The molecule has 1 aromatic carbocycles. The van der Waals surface area contributed by atoms with Gasteiger partial charge in [-0.3, -0.25) is 4.79 Å². The zero-order valence-electron chi connectivity index (χ0n) is 14.3. The highest BCUT2D eigenvalue weighted by Crippen LogP contribution is 2.28. The lowest BCUT2D eigenvalue weighted by Crippen LogP contribution is -2.41. The van der Waals surface area contributed by atoms with Gasteiger partial charge in [0.15, 0.2) is 0 Å². The van der Waals surface area contributed by atoms with Crippen molar-refractivity contribution in [1.82, 2.24) is 9.21 Å². The number of morpholine rings is 1. The van der Waals surface area contributed by atoms with Gasteiger partial charge in [0.25, 0.3) is 5.91 Å². The molecular weight excluding hydrogens is 408 g/mol. The zero-order chi connectivity index (χ0) is 18.0. The van der Waals surface area contributed by atoms with E-state index in [0.29, 0.717) is 42.3 Å². The van der Waals surface area contributed by atoms with Crippen LogP contribution in [0.2, 0.25) is 0 Å². The summed E-state index contributed by atoms with van der Waals surface area (Å²) >= 11 is 3.33. The first kappa shape index (κ1) is 18.8. The van der Waals surface area contributed by atoms with Gasteiger partial charge < -0.3 is 9.64 Å². The Morgan fingerprint density at radius 1 is 1.24 bits per heavy atom. The van der Waals surface area contributed by atoms with E-state index in [0.717, 1.165) is 25.9 Å². The standard InChI is InChI=1S/C17H23BrN2O4S/c1-13-3-2-6-19(12-13)17(21)14-4-5-15(18)16(11-14)25(22,23)20-7-9-24-10-8-20/h4-5,11,13H,2-3,6-10,12H2,1H3/t13-/m0/s1. The number of hydrogen-bond acceptors (Lipinski definition) is 4. The molecule has 2 saturated heterocycles. The number of likely N-dealkylation sites (tertiary alicyclic amines) is 1. The first-order chi connectivity index (χ1) is 11.9. The second-order valence-electron chi connectivity index (χ2n) is 6.66. The Kier molecular flexibility index (Phi) is 5.82. The van der Waals surface area contributed by atoms with Crippen LogP contribution in [0.15, 0.2) is 27.6 Å². The Bertz CT molecular complexity index is 747. The molecule has 0 unspecified atom stereocenters. The average molecular weight is 431 g/mol. The van der Waals surface area contributed by atoms with Crippen LogP contribution in [0.4, 0.5) is 0 Å². The van der Waals surface area contributed by atoms with Crippen molar-refractivity contribution in [3.63, 3.8) is 0 Å². The van der Waals surface area contributed by atoms with E-state index in [9.17, 15) is 13.2 Å². The van der Waals surface area contributed by atoms with Gasteiger partial charge in [-0.15, -0.1) is 0 Å². The number of benzene rings is 1. The normalized spacial score (nSPS) is 22.8. The number of amides is 1. The predicted octanol–water partition coefficient (Wildman–Crippen LogP) is 2.34. The monoisotopic (exact) mass is 430 g/mol. The van der Waals surface area contributed by atoms with E-state index in [4.69, 9.17) is 4.74 Å². The predicted molar refractivity (Wildman–Crippen MR) is 98.0 cm³/mol. The summed E-state index contributed by atoms with van der Waals surface area (Å²) in [6.07, 6.45) is 2.11. The number of sulfonamides is 1. The summed E-state index contributed by atoms with van der Waals surface area (Å²) < 4.78 is 33.0. The largest absolute Gasteiger partial charge is 0.379 e. The number of ether oxygens (including phenoxy) is 1. The van der Waals surface area contributed by atoms with E-state index < -0.39 is 10.0 Å². The molecule has 2 fully saturated rings. The van der Waals surface area contributed by atoms with Crippen molar-refractivity contribution in [2.24, 2.45) is 5.92 Å². The molecule has 0 aliphatic carbocycles. The molecule has 0 saturated carbocycles. The minimum Gasteiger partial charge on any atom is -0.379 e. The lowest BCUT2D eigenvalue weighted by atomic mass is 9.99. The third-order valence-corrected chi connectivity index (χ3v) is 7.60. The summed E-state index contributed by atoms with van der Waals surface area (Å²) in [6.45, 7) is 5.02. The van der Waals surface area contributed by atoms with Gasteiger partial charge in [-0.05, 0) is 52.9 Å². The van der Waals surface area contributed by atoms with Crippen molar-refractivity contribution >= 4 is 31.9 Å². The quantitative estimate of drug-likeness (QED) is 0.737. The fourth-order valence-electron chi connectivity index (χ4n) is 3.32. The van der Waals surface area contributed by atoms with Gasteiger partial charge in [-0.2, -0.15) is 4.31 Å². The number of carbonyl (C=O) groups excluding carboxylic acids is 1. The van der Waals surface area contributed by atoms with Crippen LogP contribution < -0.4 is 0 Å². The molecule has 1 atom stereocenters. The minimum absolute atomic E-state index is 0.0996. The van der Waals surface area contributed by atoms with E-state index in [2.05, 4.69) is 22.9 Å². The number of piperidine rings is 1. The second-order valence-corrected chi connectivity index (χ2v) is 9.42. The van der Waals surface area contributed by atoms with Gasteiger partial charge in [0.05, 0.1) is 18.1 Å². The van der Waals surface area contributed by atoms with E-state index in [1.807, 2.05) is 4.90 Å². The molecule has 8 heteroatoms. The van der Waals surface area contributed by atoms with Crippen LogP contribution in [0.25, 0.3) is 0 Å². The Labute approximate surface area is 157 Å². The topological polar surface area (TPSA) is 66.9 Å². The van der Waals surface area contributed by atoms with Crippen molar-refractivity contribution in [2.45, 2.75) is 24.7 Å². The molecule has 0 aromatic heterocycles. The number of halogens is 1. The summed E-state index contributed by atoms with van der Waals surface area (Å²) in [5, 5.41) is 0. The van der Waals surface area contributed by atoms with Crippen molar-refractivity contribution in [2.75, 3.05) is 39.4 Å². The summed E-state index contributed by atoms with van der Waals surface area (Å²) in [7, 11) is -3.65. The summed E-state index contributed by atoms with van der Waals surface area (Å²) in [6, 6.07) is 4.83. The minimum atomic E-state index is -3.65. The molecule has 0 spiro atoms. The van der Waals surface area contributed by atoms with Crippen molar-refractivity contribution < 1.29 is 17.9 Å². The van der Waals surface area contributed by atoms with Gasteiger partial charge >= 0.3 is 0 Å². The molecule has 6 nitrogen and oxygen atoms in total. The summed E-state index contributed by atoms with van der Waals surface area (Å²) in [5.74, 6) is 0.377. The van der Waals surface area contributed by atoms with Gasteiger partial charge in [0, 0.05) is 36.2 Å². The molecule has 3 rings (SSSR count). The van der Waals surface area contributed by atoms with Crippen molar-refractivity contribution in [3.05, 3.63) is 28.2 Å². The van der Waals surface area contributed by atoms with E-state index in [1.165, 1.54) is 10.4 Å². The van der Waals surface area contributed by atoms with Crippen LogP contribution in [0.5, 0.6) is 0 Å². The molecule has 2 aliphatic rings. The van der Waals surface area contributed by atoms with Gasteiger partial charge in [-0.25, -0.2) is 8.42 Å². The van der Waals surface area contributed by atoms with Crippen molar-refractivity contribution in [3.8, 4) is 0 Å². The van der Waals surface area contributed by atoms with Crippen LogP contribution in [0.3, 0.4) is 0 Å². The summed E-state index contributed by atoms with van der Waals surface area (Å²) in [4.78, 5) is 14.8. The van der Waals surface area contributed by atoms with Crippen molar-refractivity contribution in [1.29, 1.82) is 0 Å². The Morgan fingerprint density at radius 2 is 1.96 bits per heavy atom. The maximum absolute atomic E-state index is 12.9. The highest BCUT2D eigenvalue weighted by atomic mass is 79.9. The second kappa shape index (κ2) is 7.73. The molecule has 1 aromatic rings. The molecule has 0 bridgehead atoms. The third kappa shape index (κ3) is 4.07. The van der Waals surface area contributed by atoms with E-state index in [1.54, 1.807) is 12.1 Å². The molecule has 2 heterocycles. The molecule has 25 heavy (non-hydrogen) atoms. The lowest BCUT2D eigenvalue weighted by molar-refractivity contribution is 0.0682. The molecule has 0 N–H and O–H groups in total. The molecule has 1 amide bonds. The van der Waals surface area contributed by atoms with Crippen LogP contribution >= 0.6 is 15.9 Å². The third-order valence-electron chi connectivity index (χ3n) is 4.71. The van der Waals surface area contributed by atoms with Crippen LogP contribution in [-0.2, 0) is 14.8 Å². The van der Waals surface area contributed by atoms with E-state index >= 15 is 0 Å². The van der Waals surface area contributed by atoms with Gasteiger partial charge in [0.1, 0.15) is 0 Å². The Balaban J connectivity index is 1.88. The first-order valence-corrected chi connectivity index (χ1v) is 10.8. The smallest absolute Gasteiger partial charge is 0.253 e. The number of carbonyl (C=O) groups is 1. The number of rotatable bonds is 3. The Morgan fingerprint density at radius 3 is 2.64 bits per heavy atom. The fourth-order valence-corrected chi connectivity index (χ4v) is 5.68. The zero-order valence-corrected chi connectivity index (χ0v) is 16.7. The molecule has 0 radical (unpaired) electrons. The van der Waals surface area contributed by atoms with E-state index in [-0.39, 0.29) is 10.8 Å². The Hall–Kier alpha value is -0.960. The average Bonchev–Trinajstić information content (AvgIpc) is 2.62. The molecular formula is C17H23BrN2O4S. The van der Waals surface area contributed by atoms with Gasteiger partial charge in [0.2, 0.25) is 10.0 Å². The SMILES string of the molecule is C[C@H]1CCCN(C(=O)c2ccc(Br)c(S(=O)(=O)N3CCOCC3)c2)C1. The first-order valence-electron chi connectivity index (χ1n) is 8.56. The van der Waals surface area contributed by atoms with Crippen LogP contribution in [0, 0.1) is 5.92 Å². The molecule has 138 valence electrons. The molecule has 2 aliphatic heterocycles. The number of nitrogens with zero attached hydrogens (tertiary/aromatic N) is 2. The highest BCUT2D eigenvalue weighted by molar-refractivity contribution is 9.10.